The highest BCUT2D eigenvalue weighted by Crippen LogP contribution is 2.20. The van der Waals surface area contributed by atoms with Gasteiger partial charge in [-0.05, 0) is 6.92 Å². The number of methoxy groups -OCH3 is 1. The summed E-state index contributed by atoms with van der Waals surface area (Å²) in [4.78, 5) is 10.7. The van der Waals surface area contributed by atoms with E-state index in [2.05, 4.69) is 21.8 Å². The van der Waals surface area contributed by atoms with Crippen molar-refractivity contribution in [2.75, 3.05) is 31.8 Å². The second-order valence-electron chi connectivity index (χ2n) is 4.02. The molecule has 1 aromatic heterocycles. The topological polar surface area (TPSA) is 47.5 Å². The summed E-state index contributed by atoms with van der Waals surface area (Å²) in [7, 11) is 1.61. The van der Waals surface area contributed by atoms with Gasteiger partial charge in [-0.3, -0.25) is 0 Å². The van der Waals surface area contributed by atoms with Crippen LogP contribution in [0.15, 0.2) is 6.07 Å². The van der Waals surface area contributed by atoms with Gasteiger partial charge in [-0.1, -0.05) is 11.6 Å². The van der Waals surface area contributed by atoms with Crippen molar-refractivity contribution < 1.29 is 9.47 Å². The van der Waals surface area contributed by atoms with E-state index >= 15 is 0 Å². The molecule has 1 aromatic rings. The van der Waals surface area contributed by atoms with Crippen LogP contribution in [0.25, 0.3) is 0 Å². The Labute approximate surface area is 106 Å². The lowest BCUT2D eigenvalue weighted by molar-refractivity contribution is 0.0984. The fraction of sp³-hybridized carbons (Fsp3) is 0.636. The van der Waals surface area contributed by atoms with E-state index in [1.54, 1.807) is 13.2 Å². The van der Waals surface area contributed by atoms with Crippen molar-refractivity contribution in [3.8, 4) is 0 Å². The summed E-state index contributed by atoms with van der Waals surface area (Å²) >= 11 is 5.99. The Morgan fingerprint density at radius 2 is 2.41 bits per heavy atom. The maximum absolute atomic E-state index is 5.99. The number of morpholine rings is 1. The molecule has 0 N–H and O–H groups in total. The highest BCUT2D eigenvalue weighted by atomic mass is 35.5. The van der Waals surface area contributed by atoms with Crippen molar-refractivity contribution >= 4 is 17.4 Å². The standard InChI is InChI=1S/C11H16ClN3O2/c1-8-6-17-4-3-15(8)11-5-9(12)13-10(14-11)7-16-2/h5,8H,3-4,6-7H2,1-2H3. The van der Waals surface area contributed by atoms with Gasteiger partial charge in [0.2, 0.25) is 0 Å². The minimum atomic E-state index is 0.296. The molecule has 0 saturated carbocycles. The molecule has 0 spiro atoms. The van der Waals surface area contributed by atoms with E-state index in [1.807, 2.05) is 0 Å². The summed E-state index contributed by atoms with van der Waals surface area (Å²) in [5.74, 6) is 1.45. The van der Waals surface area contributed by atoms with Crippen LogP contribution < -0.4 is 4.90 Å². The molecule has 0 bridgehead atoms. The first-order chi connectivity index (χ1) is 8.20. The van der Waals surface area contributed by atoms with Gasteiger partial charge in [-0.15, -0.1) is 0 Å². The van der Waals surface area contributed by atoms with Crippen LogP contribution in [0.3, 0.4) is 0 Å². The van der Waals surface area contributed by atoms with Gasteiger partial charge in [0, 0.05) is 19.7 Å². The van der Waals surface area contributed by atoms with Crippen LogP contribution in [-0.2, 0) is 16.1 Å². The van der Waals surface area contributed by atoms with Crippen LogP contribution in [0.1, 0.15) is 12.7 Å². The van der Waals surface area contributed by atoms with Gasteiger partial charge >= 0.3 is 0 Å². The van der Waals surface area contributed by atoms with Crippen molar-refractivity contribution in [1.82, 2.24) is 9.97 Å². The Bertz CT molecular complexity index is 389. The first-order valence-electron chi connectivity index (χ1n) is 5.57. The van der Waals surface area contributed by atoms with Crippen LogP contribution in [0.5, 0.6) is 0 Å². The second kappa shape index (κ2) is 5.62. The Morgan fingerprint density at radius 3 is 3.12 bits per heavy atom. The minimum Gasteiger partial charge on any atom is -0.377 e. The molecule has 17 heavy (non-hydrogen) atoms. The van der Waals surface area contributed by atoms with Gasteiger partial charge in [0.05, 0.1) is 19.3 Å². The summed E-state index contributed by atoms with van der Waals surface area (Å²) in [5.41, 5.74) is 0. The number of nitrogens with zero attached hydrogens (tertiary/aromatic N) is 3. The Kier molecular flexibility index (Phi) is 4.15. The van der Waals surface area contributed by atoms with Crippen LogP contribution in [0.2, 0.25) is 5.15 Å². The molecule has 1 saturated heterocycles. The van der Waals surface area contributed by atoms with Gasteiger partial charge in [0.15, 0.2) is 5.82 Å². The quantitative estimate of drug-likeness (QED) is 0.768. The van der Waals surface area contributed by atoms with E-state index in [1.165, 1.54) is 0 Å². The minimum absolute atomic E-state index is 0.296. The molecule has 94 valence electrons. The molecule has 0 amide bonds. The lowest BCUT2D eigenvalue weighted by Crippen LogP contribution is -2.44. The summed E-state index contributed by atoms with van der Waals surface area (Å²) < 4.78 is 10.4. The highest BCUT2D eigenvalue weighted by molar-refractivity contribution is 6.29. The maximum Gasteiger partial charge on any atom is 0.158 e. The first kappa shape index (κ1) is 12.5. The van der Waals surface area contributed by atoms with Crippen molar-refractivity contribution in [1.29, 1.82) is 0 Å². The molecule has 1 aliphatic rings. The molecule has 0 aliphatic carbocycles. The Hall–Kier alpha value is -0.910. The lowest BCUT2D eigenvalue weighted by atomic mass is 10.2. The average molecular weight is 258 g/mol. The van der Waals surface area contributed by atoms with E-state index in [0.29, 0.717) is 36.8 Å². The number of hydrogen-bond donors (Lipinski definition) is 0. The maximum atomic E-state index is 5.99. The van der Waals surface area contributed by atoms with Crippen molar-refractivity contribution in [2.45, 2.75) is 19.6 Å². The van der Waals surface area contributed by atoms with E-state index in [9.17, 15) is 0 Å². The molecule has 0 aromatic carbocycles. The molecule has 2 rings (SSSR count). The number of anilines is 1. The third kappa shape index (κ3) is 3.06. The monoisotopic (exact) mass is 257 g/mol. The molecule has 6 heteroatoms. The van der Waals surface area contributed by atoms with Crippen molar-refractivity contribution in [3.05, 3.63) is 17.0 Å². The number of aromatic nitrogens is 2. The molecule has 0 radical (unpaired) electrons. The number of rotatable bonds is 3. The third-order valence-corrected chi connectivity index (χ3v) is 2.86. The van der Waals surface area contributed by atoms with E-state index < -0.39 is 0 Å². The second-order valence-corrected chi connectivity index (χ2v) is 4.40. The molecular weight excluding hydrogens is 242 g/mol. The van der Waals surface area contributed by atoms with Crippen LogP contribution in [0.4, 0.5) is 5.82 Å². The third-order valence-electron chi connectivity index (χ3n) is 2.66. The predicted octanol–water partition coefficient (Wildman–Crippen LogP) is 1.50. The van der Waals surface area contributed by atoms with Crippen molar-refractivity contribution in [2.24, 2.45) is 0 Å². The van der Waals surface area contributed by atoms with Gasteiger partial charge < -0.3 is 14.4 Å². The van der Waals surface area contributed by atoms with Gasteiger partial charge in [0.25, 0.3) is 0 Å². The lowest BCUT2D eigenvalue weighted by Gasteiger charge is -2.34. The zero-order valence-electron chi connectivity index (χ0n) is 10.0. The van der Waals surface area contributed by atoms with Gasteiger partial charge in [-0.25, -0.2) is 9.97 Å². The van der Waals surface area contributed by atoms with E-state index in [0.717, 1.165) is 12.4 Å². The summed E-state index contributed by atoms with van der Waals surface area (Å²) in [6.07, 6.45) is 0. The van der Waals surface area contributed by atoms with Gasteiger partial charge in [0.1, 0.15) is 17.6 Å². The largest absolute Gasteiger partial charge is 0.377 e. The molecular formula is C11H16ClN3O2. The van der Waals surface area contributed by atoms with Crippen LogP contribution >= 0.6 is 11.6 Å². The fourth-order valence-corrected chi connectivity index (χ4v) is 2.06. The average Bonchev–Trinajstić information content (AvgIpc) is 2.29. The first-order valence-corrected chi connectivity index (χ1v) is 5.95. The molecule has 1 aliphatic heterocycles. The number of hydrogen-bond acceptors (Lipinski definition) is 5. The van der Waals surface area contributed by atoms with Gasteiger partial charge in [-0.2, -0.15) is 0 Å². The summed E-state index contributed by atoms with van der Waals surface area (Å²) in [6, 6.07) is 2.08. The Morgan fingerprint density at radius 1 is 1.59 bits per heavy atom. The number of halogens is 1. The van der Waals surface area contributed by atoms with E-state index in [4.69, 9.17) is 21.1 Å². The summed E-state index contributed by atoms with van der Waals surface area (Å²) in [6.45, 7) is 4.71. The normalized spacial score (nSPS) is 20.6. The molecule has 2 heterocycles. The SMILES string of the molecule is COCc1nc(Cl)cc(N2CCOCC2C)n1. The molecule has 1 unspecified atom stereocenters. The fourth-order valence-electron chi connectivity index (χ4n) is 1.86. The molecule has 5 nitrogen and oxygen atoms in total. The smallest absolute Gasteiger partial charge is 0.158 e. The predicted molar refractivity (Wildman–Crippen MR) is 65.4 cm³/mol. The summed E-state index contributed by atoms with van der Waals surface area (Å²) in [5, 5.41) is 0.445. The zero-order chi connectivity index (χ0) is 12.3. The highest BCUT2D eigenvalue weighted by Gasteiger charge is 2.21. The van der Waals surface area contributed by atoms with Crippen molar-refractivity contribution in [3.63, 3.8) is 0 Å². The Balaban J connectivity index is 2.24. The number of ether oxygens (including phenoxy) is 2. The molecule has 1 fully saturated rings. The zero-order valence-corrected chi connectivity index (χ0v) is 10.8. The van der Waals surface area contributed by atoms with Crippen LogP contribution in [-0.4, -0.2) is 42.9 Å². The molecule has 1 atom stereocenters. The van der Waals surface area contributed by atoms with Crippen LogP contribution in [0, 0.1) is 0 Å². The van der Waals surface area contributed by atoms with E-state index in [-0.39, 0.29) is 0 Å².